The van der Waals surface area contributed by atoms with Crippen LogP contribution in [-0.2, 0) is 9.53 Å². The highest BCUT2D eigenvalue weighted by Gasteiger charge is 2.29. The number of fused-ring (bicyclic) bond motifs is 3. The van der Waals surface area contributed by atoms with Crippen molar-refractivity contribution in [1.82, 2.24) is 15.5 Å². The molecule has 32 heavy (non-hydrogen) atoms. The number of aromatic nitrogens is 2. The minimum absolute atomic E-state index is 0.0171. The molecule has 4 rings (SSSR count). The number of hydrogen-bond donors (Lipinski definition) is 5. The van der Waals surface area contributed by atoms with E-state index in [0.29, 0.717) is 0 Å². The van der Waals surface area contributed by atoms with Crippen LogP contribution in [0.3, 0.4) is 0 Å². The SMILES string of the molecule is O=C(Nc1cc(C(=O)NCC(O)C(=O)O)[nH]n1)OCC1c2ccccc2-c2ccccc21. The van der Waals surface area contributed by atoms with Gasteiger partial charge in [-0.15, -0.1) is 0 Å². The molecule has 5 N–H and O–H groups in total. The van der Waals surface area contributed by atoms with Gasteiger partial charge >= 0.3 is 12.1 Å². The summed E-state index contributed by atoms with van der Waals surface area (Å²) in [5.74, 6) is -2.16. The summed E-state index contributed by atoms with van der Waals surface area (Å²) in [5, 5.41) is 28.8. The first-order valence-electron chi connectivity index (χ1n) is 9.80. The number of amides is 2. The molecule has 0 aliphatic heterocycles. The fourth-order valence-corrected chi connectivity index (χ4v) is 3.61. The Labute approximate surface area is 182 Å². The summed E-state index contributed by atoms with van der Waals surface area (Å²) < 4.78 is 5.42. The van der Waals surface area contributed by atoms with Crippen LogP contribution >= 0.6 is 0 Å². The molecular formula is C22H20N4O6. The number of aliphatic hydroxyl groups excluding tert-OH is 1. The van der Waals surface area contributed by atoms with Crippen LogP contribution in [0, 0.1) is 0 Å². The summed E-state index contributed by atoms with van der Waals surface area (Å²) in [4.78, 5) is 34.8. The molecule has 1 atom stereocenters. The van der Waals surface area contributed by atoms with Crippen LogP contribution in [-0.4, -0.2) is 57.6 Å². The van der Waals surface area contributed by atoms with Gasteiger partial charge in [0, 0.05) is 12.0 Å². The molecule has 0 bridgehead atoms. The molecular weight excluding hydrogens is 416 g/mol. The van der Waals surface area contributed by atoms with E-state index in [0.717, 1.165) is 22.3 Å². The average Bonchev–Trinajstić information content (AvgIpc) is 3.38. The quantitative estimate of drug-likeness (QED) is 0.379. The predicted octanol–water partition coefficient (Wildman–Crippen LogP) is 1.95. The lowest BCUT2D eigenvalue weighted by Gasteiger charge is -2.14. The fourth-order valence-electron chi connectivity index (χ4n) is 3.61. The van der Waals surface area contributed by atoms with E-state index in [-0.39, 0.29) is 24.0 Å². The van der Waals surface area contributed by atoms with Crippen LogP contribution in [0.4, 0.5) is 10.6 Å². The third kappa shape index (κ3) is 4.30. The molecule has 3 aromatic rings. The normalized spacial score (nSPS) is 13.0. The first kappa shape index (κ1) is 21.1. The molecule has 164 valence electrons. The molecule has 0 radical (unpaired) electrons. The lowest BCUT2D eigenvalue weighted by Crippen LogP contribution is -2.36. The van der Waals surface area contributed by atoms with Crippen molar-refractivity contribution in [2.24, 2.45) is 0 Å². The number of nitrogens with zero attached hydrogens (tertiary/aromatic N) is 1. The molecule has 0 saturated heterocycles. The van der Waals surface area contributed by atoms with E-state index in [4.69, 9.17) is 9.84 Å². The van der Waals surface area contributed by atoms with Crippen molar-refractivity contribution in [3.05, 3.63) is 71.4 Å². The number of carbonyl (C=O) groups excluding carboxylic acids is 2. The minimum Gasteiger partial charge on any atom is -0.479 e. The molecule has 1 aromatic heterocycles. The van der Waals surface area contributed by atoms with E-state index in [9.17, 15) is 19.5 Å². The summed E-state index contributed by atoms with van der Waals surface area (Å²) in [7, 11) is 0. The third-order valence-corrected chi connectivity index (χ3v) is 5.14. The second-order valence-corrected chi connectivity index (χ2v) is 7.18. The lowest BCUT2D eigenvalue weighted by atomic mass is 9.98. The maximum Gasteiger partial charge on any atom is 0.412 e. The molecule has 10 heteroatoms. The molecule has 1 aliphatic rings. The molecule has 0 saturated carbocycles. The highest BCUT2D eigenvalue weighted by molar-refractivity contribution is 5.94. The predicted molar refractivity (Wildman–Crippen MR) is 113 cm³/mol. The standard InChI is InChI=1S/C22H20N4O6/c27-18(21(29)30)10-23-20(28)17-9-19(26-25-17)24-22(31)32-11-16-14-7-3-1-5-12(14)13-6-2-4-8-15(13)16/h1-9,16,18,27H,10-11H2,(H,23,28)(H,29,30)(H2,24,25,26,31). The van der Waals surface area contributed by atoms with Gasteiger partial charge in [0.1, 0.15) is 12.3 Å². The Hall–Kier alpha value is -4.18. The Morgan fingerprint density at radius 3 is 2.31 bits per heavy atom. The Bertz CT molecular complexity index is 1130. The molecule has 1 heterocycles. The number of carboxylic acids is 1. The number of aromatic amines is 1. The van der Waals surface area contributed by atoms with Gasteiger partial charge in [0.2, 0.25) is 0 Å². The van der Waals surface area contributed by atoms with Crippen molar-refractivity contribution in [3.63, 3.8) is 0 Å². The minimum atomic E-state index is -1.72. The average molecular weight is 436 g/mol. The number of benzene rings is 2. The van der Waals surface area contributed by atoms with Gasteiger partial charge in [-0.3, -0.25) is 15.2 Å². The van der Waals surface area contributed by atoms with Crippen LogP contribution in [0.5, 0.6) is 0 Å². The van der Waals surface area contributed by atoms with E-state index in [1.54, 1.807) is 0 Å². The van der Waals surface area contributed by atoms with Crippen LogP contribution in [0.2, 0.25) is 0 Å². The first-order valence-corrected chi connectivity index (χ1v) is 9.80. The van der Waals surface area contributed by atoms with Crippen molar-refractivity contribution in [3.8, 4) is 11.1 Å². The number of aliphatic hydroxyl groups is 1. The zero-order chi connectivity index (χ0) is 22.7. The van der Waals surface area contributed by atoms with Gasteiger partial charge in [0.05, 0.1) is 6.54 Å². The lowest BCUT2D eigenvalue weighted by molar-refractivity contribution is -0.146. The number of carbonyl (C=O) groups is 3. The summed E-state index contributed by atoms with van der Waals surface area (Å²) in [6.45, 7) is -0.340. The maximum atomic E-state index is 12.3. The van der Waals surface area contributed by atoms with Crippen molar-refractivity contribution in [1.29, 1.82) is 0 Å². The molecule has 1 aliphatic carbocycles. The van der Waals surface area contributed by atoms with Gasteiger partial charge in [-0.2, -0.15) is 5.10 Å². The highest BCUT2D eigenvalue weighted by atomic mass is 16.5. The largest absolute Gasteiger partial charge is 0.479 e. The number of aliphatic carboxylic acids is 1. The van der Waals surface area contributed by atoms with Crippen molar-refractivity contribution >= 4 is 23.8 Å². The molecule has 10 nitrogen and oxygen atoms in total. The second-order valence-electron chi connectivity index (χ2n) is 7.18. The number of H-pyrrole nitrogens is 1. The fraction of sp³-hybridized carbons (Fsp3) is 0.182. The van der Waals surface area contributed by atoms with Gasteiger partial charge in [0.15, 0.2) is 11.9 Å². The Morgan fingerprint density at radius 2 is 1.69 bits per heavy atom. The Morgan fingerprint density at radius 1 is 1.06 bits per heavy atom. The third-order valence-electron chi connectivity index (χ3n) is 5.14. The second kappa shape index (κ2) is 8.90. The number of nitrogens with one attached hydrogen (secondary N) is 3. The summed E-state index contributed by atoms with van der Waals surface area (Å²) >= 11 is 0. The molecule has 0 spiro atoms. The van der Waals surface area contributed by atoms with Gasteiger partial charge in [-0.25, -0.2) is 9.59 Å². The maximum absolute atomic E-state index is 12.3. The number of hydrogen-bond acceptors (Lipinski definition) is 6. The molecule has 2 amide bonds. The van der Waals surface area contributed by atoms with Crippen molar-refractivity contribution in [2.75, 3.05) is 18.5 Å². The Kier molecular flexibility index (Phi) is 5.86. The van der Waals surface area contributed by atoms with E-state index in [2.05, 4.69) is 20.8 Å². The molecule has 1 unspecified atom stereocenters. The van der Waals surface area contributed by atoms with Crippen LogP contribution < -0.4 is 10.6 Å². The van der Waals surface area contributed by atoms with Crippen LogP contribution in [0.25, 0.3) is 11.1 Å². The number of rotatable bonds is 7. The number of carboxylic acid groups (broad SMARTS) is 1. The van der Waals surface area contributed by atoms with Crippen LogP contribution in [0.1, 0.15) is 27.5 Å². The van der Waals surface area contributed by atoms with Gasteiger partial charge in [-0.1, -0.05) is 48.5 Å². The summed E-state index contributed by atoms with van der Waals surface area (Å²) in [5.41, 5.74) is 4.39. The van der Waals surface area contributed by atoms with Gasteiger partial charge in [0.25, 0.3) is 5.91 Å². The van der Waals surface area contributed by atoms with E-state index < -0.39 is 30.6 Å². The molecule has 0 fully saturated rings. The topological polar surface area (TPSA) is 154 Å². The van der Waals surface area contributed by atoms with Gasteiger partial charge < -0.3 is 20.3 Å². The first-order chi connectivity index (χ1) is 15.4. The molecule has 2 aromatic carbocycles. The zero-order valence-electron chi connectivity index (χ0n) is 16.7. The number of anilines is 1. The highest BCUT2D eigenvalue weighted by Crippen LogP contribution is 2.44. The monoisotopic (exact) mass is 436 g/mol. The van der Waals surface area contributed by atoms with E-state index >= 15 is 0 Å². The van der Waals surface area contributed by atoms with Gasteiger partial charge in [-0.05, 0) is 22.3 Å². The van der Waals surface area contributed by atoms with E-state index in [1.807, 2.05) is 48.5 Å². The number of ether oxygens (including phenoxy) is 1. The zero-order valence-corrected chi connectivity index (χ0v) is 16.7. The van der Waals surface area contributed by atoms with Crippen molar-refractivity contribution < 1.29 is 29.3 Å². The van der Waals surface area contributed by atoms with E-state index in [1.165, 1.54) is 6.07 Å². The Balaban J connectivity index is 1.34. The summed E-state index contributed by atoms with van der Waals surface area (Å²) in [6.07, 6.45) is -2.45. The smallest absolute Gasteiger partial charge is 0.412 e. The van der Waals surface area contributed by atoms with Crippen molar-refractivity contribution in [2.45, 2.75) is 12.0 Å². The summed E-state index contributed by atoms with van der Waals surface area (Å²) in [6, 6.07) is 17.2. The van der Waals surface area contributed by atoms with Crippen LogP contribution in [0.15, 0.2) is 54.6 Å².